The number of tetrazole rings is 1. The highest BCUT2D eigenvalue weighted by Gasteiger charge is 2.24. The first kappa shape index (κ1) is 22.7. The van der Waals surface area contributed by atoms with Crippen LogP contribution in [0, 0.1) is 5.82 Å². The summed E-state index contributed by atoms with van der Waals surface area (Å²) in [6, 6.07) is 6.37. The second-order valence-corrected chi connectivity index (χ2v) is 8.49. The first-order valence-electron chi connectivity index (χ1n) is 10.9. The van der Waals surface area contributed by atoms with Crippen molar-refractivity contribution >= 4 is 23.3 Å². The van der Waals surface area contributed by atoms with Gasteiger partial charge in [-0.1, -0.05) is 24.2 Å². The van der Waals surface area contributed by atoms with Gasteiger partial charge in [-0.05, 0) is 47.5 Å². The lowest BCUT2D eigenvalue weighted by molar-refractivity contribution is -0.127. The van der Waals surface area contributed by atoms with Crippen LogP contribution in [0.5, 0.6) is 0 Å². The molecule has 178 valence electrons. The summed E-state index contributed by atoms with van der Waals surface area (Å²) in [4.78, 5) is 17.9. The summed E-state index contributed by atoms with van der Waals surface area (Å²) in [7, 11) is 0. The van der Waals surface area contributed by atoms with E-state index in [0.29, 0.717) is 18.7 Å². The van der Waals surface area contributed by atoms with E-state index in [2.05, 4.69) is 32.2 Å². The Kier molecular flexibility index (Phi) is 6.00. The molecule has 0 unspecified atom stereocenters. The minimum absolute atomic E-state index is 0.0491. The number of carbonyl (C=O) groups excluding carboxylic acids is 1. The Bertz CT molecular complexity index is 1410. The van der Waals surface area contributed by atoms with Crippen LogP contribution in [-0.2, 0) is 4.79 Å². The summed E-state index contributed by atoms with van der Waals surface area (Å²) < 4.78 is 17.3. The monoisotopic (exact) mass is 493 g/mol. The number of aromatic nitrogens is 7. The Morgan fingerprint density at radius 2 is 2.03 bits per heavy atom. The molecule has 1 fully saturated rings. The molecule has 0 saturated carbocycles. The number of nitrogens with zero attached hydrogens (tertiary/aromatic N) is 8. The second kappa shape index (κ2) is 9.26. The smallest absolute Gasteiger partial charge is 0.245 e. The maximum Gasteiger partial charge on any atom is 0.245 e. The van der Waals surface area contributed by atoms with Crippen LogP contribution in [-0.4, -0.2) is 58.9 Å². The molecule has 0 radical (unpaired) electrons. The molecule has 4 aromatic rings. The van der Waals surface area contributed by atoms with Crippen molar-refractivity contribution < 1.29 is 9.18 Å². The minimum Gasteiger partial charge on any atom is -0.383 e. The van der Waals surface area contributed by atoms with E-state index >= 15 is 0 Å². The maximum absolute atomic E-state index is 14.0. The fourth-order valence-electron chi connectivity index (χ4n) is 4.15. The molecule has 1 saturated heterocycles. The molecule has 2 N–H and O–H groups in total. The van der Waals surface area contributed by atoms with Crippen molar-refractivity contribution in [3.63, 3.8) is 0 Å². The molecule has 1 aromatic carbocycles. The molecule has 1 aliphatic rings. The molecule has 12 heteroatoms. The first-order chi connectivity index (χ1) is 17.0. The molecule has 1 aliphatic heterocycles. The Balaban J connectivity index is 1.43. The SMILES string of the molecule is C=CC(=O)N1CCC(n2cc(-c3cnc(N)c(-c4nnnn4-c4cccc(F)c4Cl)c3)cn2)CC1. The van der Waals surface area contributed by atoms with Gasteiger partial charge in [0.1, 0.15) is 16.7 Å². The van der Waals surface area contributed by atoms with Crippen LogP contribution in [0.3, 0.4) is 0 Å². The Morgan fingerprint density at radius 1 is 1.23 bits per heavy atom. The number of nitrogens with two attached hydrogens (primary N) is 1. The van der Waals surface area contributed by atoms with E-state index in [-0.39, 0.29) is 34.3 Å². The van der Waals surface area contributed by atoms with Gasteiger partial charge in [0, 0.05) is 36.6 Å². The number of piperidine rings is 1. The highest BCUT2D eigenvalue weighted by Crippen LogP contribution is 2.32. The van der Waals surface area contributed by atoms with Gasteiger partial charge in [-0.3, -0.25) is 9.48 Å². The number of nitrogen functional groups attached to an aromatic ring is 1. The Labute approximate surface area is 204 Å². The average Bonchev–Trinajstić information content (AvgIpc) is 3.56. The third-order valence-corrected chi connectivity index (χ3v) is 6.42. The van der Waals surface area contributed by atoms with Crippen LogP contribution in [0.25, 0.3) is 28.2 Å². The molecule has 3 aromatic heterocycles. The van der Waals surface area contributed by atoms with Crippen LogP contribution in [0.15, 0.2) is 55.5 Å². The zero-order valence-corrected chi connectivity index (χ0v) is 19.3. The zero-order chi connectivity index (χ0) is 24.5. The summed E-state index contributed by atoms with van der Waals surface area (Å²) in [5, 5.41) is 16.2. The highest BCUT2D eigenvalue weighted by molar-refractivity contribution is 6.32. The minimum atomic E-state index is -0.586. The van der Waals surface area contributed by atoms with Gasteiger partial charge in [0.05, 0.1) is 23.5 Å². The van der Waals surface area contributed by atoms with Crippen LogP contribution < -0.4 is 5.73 Å². The van der Waals surface area contributed by atoms with Crippen molar-refractivity contribution in [2.24, 2.45) is 0 Å². The van der Waals surface area contributed by atoms with Crippen LogP contribution >= 0.6 is 11.6 Å². The fourth-order valence-corrected chi connectivity index (χ4v) is 4.36. The van der Waals surface area contributed by atoms with E-state index in [1.807, 2.05) is 16.9 Å². The number of carbonyl (C=O) groups is 1. The van der Waals surface area contributed by atoms with Crippen LogP contribution in [0.1, 0.15) is 18.9 Å². The van der Waals surface area contributed by atoms with Crippen molar-refractivity contribution in [1.29, 1.82) is 0 Å². The summed E-state index contributed by atoms with van der Waals surface area (Å²) in [6.07, 6.45) is 8.29. The molecule has 1 amide bonds. The largest absolute Gasteiger partial charge is 0.383 e. The van der Waals surface area contributed by atoms with Crippen molar-refractivity contribution in [3.8, 4) is 28.2 Å². The lowest BCUT2D eigenvalue weighted by Crippen LogP contribution is -2.38. The molecule has 5 rings (SSSR count). The van der Waals surface area contributed by atoms with Crippen LogP contribution in [0.4, 0.5) is 10.2 Å². The van der Waals surface area contributed by atoms with E-state index in [4.69, 9.17) is 17.3 Å². The van der Waals surface area contributed by atoms with Crippen molar-refractivity contribution in [2.75, 3.05) is 18.8 Å². The van der Waals surface area contributed by atoms with Gasteiger partial charge in [0.25, 0.3) is 0 Å². The van der Waals surface area contributed by atoms with E-state index in [1.165, 1.54) is 22.9 Å². The van der Waals surface area contributed by atoms with Gasteiger partial charge in [-0.25, -0.2) is 9.37 Å². The predicted octanol–water partition coefficient (Wildman–Crippen LogP) is 3.31. The lowest BCUT2D eigenvalue weighted by Gasteiger charge is -2.31. The quantitative estimate of drug-likeness (QED) is 0.423. The third-order valence-electron chi connectivity index (χ3n) is 6.05. The van der Waals surface area contributed by atoms with Gasteiger partial charge in [0.2, 0.25) is 5.91 Å². The number of rotatable bonds is 5. The lowest BCUT2D eigenvalue weighted by atomic mass is 10.0. The number of pyridine rings is 1. The van der Waals surface area contributed by atoms with E-state index < -0.39 is 5.82 Å². The first-order valence-corrected chi connectivity index (χ1v) is 11.3. The fraction of sp³-hybridized carbons (Fsp3) is 0.217. The van der Waals surface area contributed by atoms with Gasteiger partial charge in [-0.2, -0.15) is 9.78 Å². The molecule has 0 spiro atoms. The van der Waals surface area contributed by atoms with Crippen molar-refractivity contribution in [1.82, 2.24) is 39.9 Å². The maximum atomic E-state index is 14.0. The normalized spacial score (nSPS) is 14.3. The molecule has 4 heterocycles. The topological polar surface area (TPSA) is 121 Å². The number of hydrogen-bond acceptors (Lipinski definition) is 7. The van der Waals surface area contributed by atoms with E-state index in [0.717, 1.165) is 24.0 Å². The molecule has 0 bridgehead atoms. The number of benzene rings is 1. The number of amides is 1. The van der Waals surface area contributed by atoms with Gasteiger partial charge < -0.3 is 10.6 Å². The summed E-state index contributed by atoms with van der Waals surface area (Å²) in [6.45, 7) is 4.86. The molecular formula is C23H21ClFN9O. The van der Waals surface area contributed by atoms with Crippen LogP contribution in [0.2, 0.25) is 5.02 Å². The number of halogens is 2. The van der Waals surface area contributed by atoms with E-state index in [9.17, 15) is 9.18 Å². The summed E-state index contributed by atoms with van der Waals surface area (Å²) in [5.74, 6) is -0.149. The summed E-state index contributed by atoms with van der Waals surface area (Å²) in [5.41, 5.74) is 8.51. The number of anilines is 1. The van der Waals surface area contributed by atoms with E-state index in [1.54, 1.807) is 23.4 Å². The molecule has 35 heavy (non-hydrogen) atoms. The number of hydrogen-bond donors (Lipinski definition) is 1. The van der Waals surface area contributed by atoms with Crippen molar-refractivity contribution in [2.45, 2.75) is 18.9 Å². The molecule has 0 aliphatic carbocycles. The van der Waals surface area contributed by atoms with Crippen molar-refractivity contribution in [3.05, 3.63) is 66.4 Å². The summed E-state index contributed by atoms with van der Waals surface area (Å²) >= 11 is 6.15. The number of likely N-dealkylation sites (tertiary alicyclic amines) is 1. The Hall–Kier alpha value is -4.12. The molecule has 10 nitrogen and oxygen atoms in total. The molecular weight excluding hydrogens is 473 g/mol. The van der Waals surface area contributed by atoms with Gasteiger partial charge >= 0.3 is 0 Å². The molecule has 0 atom stereocenters. The third kappa shape index (κ3) is 4.26. The highest BCUT2D eigenvalue weighted by atomic mass is 35.5. The second-order valence-electron chi connectivity index (χ2n) is 8.11. The van der Waals surface area contributed by atoms with Gasteiger partial charge in [-0.15, -0.1) is 5.10 Å². The zero-order valence-electron chi connectivity index (χ0n) is 18.6. The van der Waals surface area contributed by atoms with Gasteiger partial charge in [0.15, 0.2) is 5.82 Å². The Morgan fingerprint density at radius 3 is 2.80 bits per heavy atom. The standard InChI is InChI=1S/C23H21ClFN9O/c1-2-20(35)32-8-6-16(7-9-32)33-13-15(12-28-33)14-10-17(22(26)27-11-14)23-29-30-31-34(23)19-5-3-4-18(25)21(19)24/h2-5,10-13,16H,1,6-9H2,(H2,26,27). The average molecular weight is 494 g/mol. The predicted molar refractivity (Wildman–Crippen MR) is 128 cm³/mol.